The fourth-order valence-electron chi connectivity index (χ4n) is 2.50. The molecule has 1 aromatic rings. The number of hydrogen-bond acceptors (Lipinski definition) is 4. The highest BCUT2D eigenvalue weighted by Crippen LogP contribution is 2.32. The molecule has 4 nitrogen and oxygen atoms in total. The van der Waals surface area contributed by atoms with Crippen LogP contribution in [0.4, 0.5) is 0 Å². The van der Waals surface area contributed by atoms with Crippen LogP contribution in [-0.2, 0) is 16.6 Å². The van der Waals surface area contributed by atoms with Gasteiger partial charge in [-0.05, 0) is 60.6 Å². The molecule has 0 radical (unpaired) electrons. The second-order valence-corrected chi connectivity index (χ2v) is 9.60. The molecule has 0 aromatic carbocycles. The summed E-state index contributed by atoms with van der Waals surface area (Å²) >= 11 is 4.83. The molecule has 114 valence electrons. The summed E-state index contributed by atoms with van der Waals surface area (Å²) in [5.74, 6) is 0.714. The molecule has 0 aliphatic heterocycles. The van der Waals surface area contributed by atoms with Crippen LogP contribution >= 0.6 is 27.3 Å². The Hall–Kier alpha value is 0.0500. The van der Waals surface area contributed by atoms with Crippen molar-refractivity contribution in [1.29, 1.82) is 0 Å². The fraction of sp³-hybridized carbons (Fsp3) is 0.692. The maximum atomic E-state index is 12.5. The summed E-state index contributed by atoms with van der Waals surface area (Å²) in [5.41, 5.74) is 0. The second-order valence-electron chi connectivity index (χ2n) is 5.46. The molecular formula is C13H21BrN2O2S2. The topological polar surface area (TPSA) is 58.2 Å². The quantitative estimate of drug-likeness (QED) is 0.824. The highest BCUT2D eigenvalue weighted by Gasteiger charge is 2.26. The molecule has 0 unspecified atom stereocenters. The first-order valence-electron chi connectivity index (χ1n) is 6.87. The van der Waals surface area contributed by atoms with Crippen molar-refractivity contribution < 1.29 is 8.42 Å². The minimum atomic E-state index is -3.42. The van der Waals surface area contributed by atoms with E-state index in [9.17, 15) is 8.42 Å². The van der Waals surface area contributed by atoms with E-state index in [-0.39, 0.29) is 6.04 Å². The van der Waals surface area contributed by atoms with Crippen LogP contribution in [0.15, 0.2) is 14.7 Å². The zero-order valence-electron chi connectivity index (χ0n) is 11.8. The molecule has 7 heteroatoms. The summed E-state index contributed by atoms with van der Waals surface area (Å²) in [7, 11) is -1.57. The summed E-state index contributed by atoms with van der Waals surface area (Å²) in [6.07, 6.45) is 4.07. The molecule has 0 atom stereocenters. The van der Waals surface area contributed by atoms with Gasteiger partial charge >= 0.3 is 0 Å². The lowest BCUT2D eigenvalue weighted by Gasteiger charge is -2.26. The third kappa shape index (κ3) is 4.04. The molecule has 0 spiro atoms. The van der Waals surface area contributed by atoms with Gasteiger partial charge in [-0.3, -0.25) is 0 Å². The lowest BCUT2D eigenvalue weighted by atomic mass is 9.88. The van der Waals surface area contributed by atoms with Gasteiger partial charge in [0.05, 0.1) is 3.79 Å². The molecular weight excluding hydrogens is 360 g/mol. The number of thiophene rings is 1. The van der Waals surface area contributed by atoms with Gasteiger partial charge in [-0.2, -0.15) is 0 Å². The van der Waals surface area contributed by atoms with Crippen LogP contribution in [0.3, 0.4) is 0 Å². The standard InChI is InChI=1S/C13H21BrN2O2S2/c1-9-3-5-10(6-4-9)16-20(17,18)12-7-11(8-15-2)19-13(12)14/h7,9-10,15-16H,3-6,8H2,1-2H3. The van der Waals surface area contributed by atoms with Gasteiger partial charge in [0.1, 0.15) is 4.90 Å². The fourth-order valence-corrected chi connectivity index (χ4v) is 6.50. The second kappa shape index (κ2) is 6.87. The average Bonchev–Trinajstić information content (AvgIpc) is 2.74. The van der Waals surface area contributed by atoms with E-state index in [0.717, 1.165) is 30.6 Å². The van der Waals surface area contributed by atoms with Gasteiger partial charge in [0.25, 0.3) is 0 Å². The number of sulfonamides is 1. The lowest BCUT2D eigenvalue weighted by molar-refractivity contribution is 0.332. The molecule has 2 N–H and O–H groups in total. The van der Waals surface area contributed by atoms with Gasteiger partial charge < -0.3 is 5.32 Å². The number of nitrogens with one attached hydrogen (secondary N) is 2. The van der Waals surface area contributed by atoms with E-state index in [1.54, 1.807) is 6.07 Å². The number of halogens is 1. The Bertz CT molecular complexity index is 549. The third-order valence-corrected chi connectivity index (χ3v) is 7.46. The predicted molar refractivity (Wildman–Crippen MR) is 86.5 cm³/mol. The maximum Gasteiger partial charge on any atom is 0.242 e. The first-order valence-corrected chi connectivity index (χ1v) is 9.96. The van der Waals surface area contributed by atoms with Crippen molar-refractivity contribution in [3.8, 4) is 0 Å². The highest BCUT2D eigenvalue weighted by molar-refractivity contribution is 9.11. The van der Waals surface area contributed by atoms with Crippen LogP contribution in [0.1, 0.15) is 37.5 Å². The highest BCUT2D eigenvalue weighted by atomic mass is 79.9. The molecule has 0 saturated heterocycles. The minimum Gasteiger partial charge on any atom is -0.315 e. The van der Waals surface area contributed by atoms with Crippen LogP contribution in [-0.4, -0.2) is 21.5 Å². The van der Waals surface area contributed by atoms with Gasteiger partial charge in [-0.25, -0.2) is 13.1 Å². The molecule has 2 rings (SSSR count). The Balaban J connectivity index is 2.10. The van der Waals surface area contributed by atoms with E-state index >= 15 is 0 Å². The first kappa shape index (κ1) is 16.4. The molecule has 1 aliphatic carbocycles. The van der Waals surface area contributed by atoms with E-state index in [1.807, 2.05) is 7.05 Å². The molecule has 0 bridgehead atoms. The van der Waals surface area contributed by atoms with Crippen LogP contribution in [0.25, 0.3) is 0 Å². The molecule has 1 heterocycles. The molecule has 1 saturated carbocycles. The Morgan fingerprint density at radius 3 is 2.60 bits per heavy atom. The summed E-state index contributed by atoms with van der Waals surface area (Å²) in [5, 5.41) is 3.04. The molecule has 1 aliphatic rings. The lowest BCUT2D eigenvalue weighted by Crippen LogP contribution is -2.37. The van der Waals surface area contributed by atoms with Crippen molar-refractivity contribution in [3.05, 3.63) is 14.7 Å². The zero-order valence-corrected chi connectivity index (χ0v) is 15.0. The zero-order chi connectivity index (χ0) is 14.8. The van der Waals surface area contributed by atoms with Crippen molar-refractivity contribution in [2.75, 3.05) is 7.05 Å². The normalized spacial score (nSPS) is 23.9. The predicted octanol–water partition coefficient (Wildman–Crippen LogP) is 3.09. The van der Waals surface area contributed by atoms with E-state index in [2.05, 4.69) is 32.9 Å². The van der Waals surface area contributed by atoms with Crippen LogP contribution in [0, 0.1) is 5.92 Å². The van der Waals surface area contributed by atoms with Gasteiger partial charge in [-0.15, -0.1) is 11.3 Å². The SMILES string of the molecule is CNCc1cc(S(=O)(=O)NC2CCC(C)CC2)c(Br)s1. The smallest absolute Gasteiger partial charge is 0.242 e. The Labute approximate surface area is 133 Å². The molecule has 0 amide bonds. The Kier molecular flexibility index (Phi) is 5.64. The largest absolute Gasteiger partial charge is 0.315 e. The first-order chi connectivity index (χ1) is 9.42. The molecule has 1 aromatic heterocycles. The van der Waals surface area contributed by atoms with Crippen LogP contribution < -0.4 is 10.0 Å². The molecule has 20 heavy (non-hydrogen) atoms. The van der Waals surface area contributed by atoms with Gasteiger partial charge in [0.2, 0.25) is 10.0 Å². The third-order valence-electron chi connectivity index (χ3n) is 3.68. The molecule has 1 fully saturated rings. The van der Waals surface area contributed by atoms with Crippen molar-refractivity contribution in [2.45, 2.75) is 50.1 Å². The number of rotatable bonds is 5. The van der Waals surface area contributed by atoms with E-state index in [1.165, 1.54) is 11.3 Å². The van der Waals surface area contributed by atoms with Crippen LogP contribution in [0.2, 0.25) is 0 Å². The van der Waals surface area contributed by atoms with Gasteiger partial charge in [-0.1, -0.05) is 6.92 Å². The van der Waals surface area contributed by atoms with E-state index in [4.69, 9.17) is 0 Å². The van der Waals surface area contributed by atoms with Crippen molar-refractivity contribution in [1.82, 2.24) is 10.0 Å². The van der Waals surface area contributed by atoms with Crippen molar-refractivity contribution in [3.63, 3.8) is 0 Å². The summed E-state index contributed by atoms with van der Waals surface area (Å²) in [6, 6.07) is 1.83. The summed E-state index contributed by atoms with van der Waals surface area (Å²) < 4.78 is 28.5. The Morgan fingerprint density at radius 1 is 1.35 bits per heavy atom. The van der Waals surface area contributed by atoms with Crippen LogP contribution in [0.5, 0.6) is 0 Å². The number of hydrogen-bond donors (Lipinski definition) is 2. The maximum absolute atomic E-state index is 12.5. The van der Waals surface area contributed by atoms with E-state index < -0.39 is 10.0 Å². The average molecular weight is 381 g/mol. The van der Waals surface area contributed by atoms with Crippen molar-refractivity contribution in [2.24, 2.45) is 5.92 Å². The summed E-state index contributed by atoms with van der Waals surface area (Å²) in [4.78, 5) is 1.38. The van der Waals surface area contributed by atoms with Gasteiger partial charge in [0, 0.05) is 17.5 Å². The summed E-state index contributed by atoms with van der Waals surface area (Å²) in [6.45, 7) is 2.91. The Morgan fingerprint density at radius 2 is 2.00 bits per heavy atom. The van der Waals surface area contributed by atoms with Crippen molar-refractivity contribution >= 4 is 37.3 Å². The van der Waals surface area contributed by atoms with Gasteiger partial charge in [0.15, 0.2) is 0 Å². The monoisotopic (exact) mass is 380 g/mol. The minimum absolute atomic E-state index is 0.0794. The van der Waals surface area contributed by atoms with E-state index in [0.29, 0.717) is 21.1 Å².